The van der Waals surface area contributed by atoms with E-state index in [0.717, 1.165) is 24.0 Å². The Bertz CT molecular complexity index is 402. The molecule has 1 aliphatic heterocycles. The van der Waals surface area contributed by atoms with E-state index in [-0.39, 0.29) is 0 Å². The number of thiophene rings is 1. The Morgan fingerprint density at radius 1 is 1.44 bits per heavy atom. The highest BCUT2D eigenvalue weighted by Gasteiger charge is 2.18. The van der Waals surface area contributed by atoms with Crippen LogP contribution in [0.2, 0.25) is 0 Å². The van der Waals surface area contributed by atoms with Crippen LogP contribution in [0.25, 0.3) is 0 Å². The molecule has 0 amide bonds. The highest BCUT2D eigenvalue weighted by molar-refractivity contribution is 7.17. The van der Waals surface area contributed by atoms with Gasteiger partial charge in [-0.1, -0.05) is 19.8 Å². The molecule has 4 heteroatoms. The van der Waals surface area contributed by atoms with Gasteiger partial charge in [-0.05, 0) is 37.3 Å². The monoisotopic (exact) mass is 267 g/mol. The van der Waals surface area contributed by atoms with Gasteiger partial charge < -0.3 is 10.0 Å². The fourth-order valence-electron chi connectivity index (χ4n) is 2.70. The highest BCUT2D eigenvalue weighted by Crippen LogP contribution is 2.30. The Balaban J connectivity index is 1.98. The second kappa shape index (κ2) is 6.23. The number of hydrogen-bond acceptors (Lipinski definition) is 3. The number of carbonyl (C=O) groups is 1. The van der Waals surface area contributed by atoms with E-state index in [0.29, 0.717) is 4.88 Å². The molecule has 0 spiro atoms. The zero-order valence-electron chi connectivity index (χ0n) is 10.9. The van der Waals surface area contributed by atoms with Crippen LogP contribution >= 0.6 is 11.3 Å². The van der Waals surface area contributed by atoms with Crippen molar-refractivity contribution < 1.29 is 9.90 Å². The molecule has 1 aromatic heterocycles. The SMILES string of the molecule is CCCC1CCCN(c2ccc(C(=O)O)s2)CC1. The lowest BCUT2D eigenvalue weighted by Crippen LogP contribution is -2.23. The van der Waals surface area contributed by atoms with E-state index >= 15 is 0 Å². The lowest BCUT2D eigenvalue weighted by molar-refractivity contribution is 0.0702. The van der Waals surface area contributed by atoms with Gasteiger partial charge in [0.2, 0.25) is 0 Å². The molecular formula is C14H21NO2S. The van der Waals surface area contributed by atoms with Crippen LogP contribution in [0.3, 0.4) is 0 Å². The molecule has 0 saturated carbocycles. The zero-order valence-corrected chi connectivity index (χ0v) is 11.7. The largest absolute Gasteiger partial charge is 0.477 e. The summed E-state index contributed by atoms with van der Waals surface area (Å²) in [6, 6.07) is 3.67. The maximum atomic E-state index is 10.9. The third-order valence-corrected chi connectivity index (χ3v) is 4.79. The quantitative estimate of drug-likeness (QED) is 0.900. The average molecular weight is 267 g/mol. The lowest BCUT2D eigenvalue weighted by atomic mass is 9.96. The van der Waals surface area contributed by atoms with Crippen LogP contribution in [0.1, 0.15) is 48.7 Å². The Hall–Kier alpha value is -1.03. The van der Waals surface area contributed by atoms with E-state index in [4.69, 9.17) is 5.11 Å². The van der Waals surface area contributed by atoms with Crippen LogP contribution in [0, 0.1) is 5.92 Å². The molecule has 0 aliphatic carbocycles. The van der Waals surface area contributed by atoms with Gasteiger partial charge in [0.25, 0.3) is 0 Å². The van der Waals surface area contributed by atoms with E-state index in [2.05, 4.69) is 11.8 Å². The first-order valence-electron chi connectivity index (χ1n) is 6.78. The third kappa shape index (κ3) is 3.25. The van der Waals surface area contributed by atoms with Gasteiger partial charge in [0.05, 0.1) is 5.00 Å². The molecule has 0 aromatic carbocycles. The van der Waals surface area contributed by atoms with Gasteiger partial charge in [0.1, 0.15) is 4.88 Å². The van der Waals surface area contributed by atoms with Crippen LogP contribution in [0.4, 0.5) is 5.00 Å². The average Bonchev–Trinajstić information content (AvgIpc) is 2.72. The Morgan fingerprint density at radius 3 is 2.94 bits per heavy atom. The molecule has 1 aromatic rings. The number of anilines is 1. The van der Waals surface area contributed by atoms with Crippen molar-refractivity contribution in [3.63, 3.8) is 0 Å². The van der Waals surface area contributed by atoms with E-state index in [1.807, 2.05) is 6.07 Å². The topological polar surface area (TPSA) is 40.5 Å². The summed E-state index contributed by atoms with van der Waals surface area (Å²) in [7, 11) is 0. The second-order valence-corrected chi connectivity index (χ2v) is 6.08. The van der Waals surface area contributed by atoms with Gasteiger partial charge in [-0.3, -0.25) is 0 Å². The molecule has 1 saturated heterocycles. The molecule has 1 fully saturated rings. The van der Waals surface area contributed by atoms with Gasteiger partial charge in [-0.25, -0.2) is 4.79 Å². The van der Waals surface area contributed by atoms with Gasteiger partial charge in [-0.2, -0.15) is 0 Å². The summed E-state index contributed by atoms with van der Waals surface area (Å²) in [5.74, 6) is 0.0452. The number of carboxylic acid groups (broad SMARTS) is 1. The Kier molecular flexibility index (Phi) is 4.64. The summed E-state index contributed by atoms with van der Waals surface area (Å²) >= 11 is 1.40. The van der Waals surface area contributed by atoms with E-state index in [9.17, 15) is 4.79 Å². The molecule has 1 unspecified atom stereocenters. The number of nitrogens with zero attached hydrogens (tertiary/aromatic N) is 1. The molecule has 1 N–H and O–H groups in total. The normalized spacial score (nSPS) is 20.7. The van der Waals surface area contributed by atoms with Crippen molar-refractivity contribution in [3.05, 3.63) is 17.0 Å². The van der Waals surface area contributed by atoms with Crippen molar-refractivity contribution in [2.75, 3.05) is 18.0 Å². The summed E-state index contributed by atoms with van der Waals surface area (Å²) in [6.07, 6.45) is 6.39. The molecule has 100 valence electrons. The predicted octanol–water partition coefficient (Wildman–Crippen LogP) is 3.85. The number of rotatable bonds is 4. The predicted molar refractivity (Wildman–Crippen MR) is 75.7 cm³/mol. The summed E-state index contributed by atoms with van der Waals surface area (Å²) in [5, 5.41) is 10.1. The number of carboxylic acids is 1. The Morgan fingerprint density at radius 2 is 2.28 bits per heavy atom. The molecule has 2 heterocycles. The molecule has 2 rings (SSSR count). The number of hydrogen-bond donors (Lipinski definition) is 1. The minimum Gasteiger partial charge on any atom is -0.477 e. The van der Waals surface area contributed by atoms with Gasteiger partial charge in [0, 0.05) is 13.1 Å². The van der Waals surface area contributed by atoms with Crippen LogP contribution < -0.4 is 4.90 Å². The highest BCUT2D eigenvalue weighted by atomic mass is 32.1. The van der Waals surface area contributed by atoms with Crippen LogP contribution in [0.5, 0.6) is 0 Å². The first kappa shape index (κ1) is 13.4. The maximum absolute atomic E-state index is 10.9. The molecule has 0 radical (unpaired) electrons. The molecule has 1 atom stereocenters. The van der Waals surface area contributed by atoms with Gasteiger partial charge in [0.15, 0.2) is 0 Å². The van der Waals surface area contributed by atoms with Gasteiger partial charge in [-0.15, -0.1) is 11.3 Å². The van der Waals surface area contributed by atoms with Crippen molar-refractivity contribution in [3.8, 4) is 0 Å². The van der Waals surface area contributed by atoms with Crippen molar-refractivity contribution in [2.24, 2.45) is 5.92 Å². The van der Waals surface area contributed by atoms with Crippen LogP contribution in [-0.2, 0) is 0 Å². The maximum Gasteiger partial charge on any atom is 0.345 e. The summed E-state index contributed by atoms with van der Waals surface area (Å²) < 4.78 is 0. The molecule has 18 heavy (non-hydrogen) atoms. The second-order valence-electron chi connectivity index (χ2n) is 5.02. The van der Waals surface area contributed by atoms with Gasteiger partial charge >= 0.3 is 5.97 Å². The lowest BCUT2D eigenvalue weighted by Gasteiger charge is -2.20. The Labute approximate surface area is 112 Å². The van der Waals surface area contributed by atoms with Crippen LogP contribution in [-0.4, -0.2) is 24.2 Å². The van der Waals surface area contributed by atoms with Crippen molar-refractivity contribution in [2.45, 2.75) is 39.0 Å². The van der Waals surface area contributed by atoms with E-state index in [1.54, 1.807) is 6.07 Å². The first-order chi connectivity index (χ1) is 8.70. The summed E-state index contributed by atoms with van der Waals surface area (Å²) in [4.78, 5) is 13.7. The fourth-order valence-corrected chi connectivity index (χ4v) is 3.59. The number of aromatic carboxylic acids is 1. The molecule has 0 bridgehead atoms. The minimum absolute atomic E-state index is 0.444. The fraction of sp³-hybridized carbons (Fsp3) is 0.643. The van der Waals surface area contributed by atoms with E-state index in [1.165, 1.54) is 43.4 Å². The summed E-state index contributed by atoms with van der Waals surface area (Å²) in [5.41, 5.74) is 0. The minimum atomic E-state index is -0.815. The van der Waals surface area contributed by atoms with Crippen LogP contribution in [0.15, 0.2) is 12.1 Å². The van der Waals surface area contributed by atoms with Crippen molar-refractivity contribution >= 4 is 22.3 Å². The standard InChI is InChI=1S/C14H21NO2S/c1-2-4-11-5-3-9-15(10-8-11)13-7-6-12(18-13)14(16)17/h6-7,11H,2-5,8-10H2,1H3,(H,16,17). The smallest absolute Gasteiger partial charge is 0.345 e. The van der Waals surface area contributed by atoms with Crippen molar-refractivity contribution in [1.29, 1.82) is 0 Å². The third-order valence-electron chi connectivity index (χ3n) is 3.66. The van der Waals surface area contributed by atoms with Crippen molar-refractivity contribution in [1.82, 2.24) is 0 Å². The molecular weight excluding hydrogens is 246 g/mol. The van der Waals surface area contributed by atoms with E-state index < -0.39 is 5.97 Å². The first-order valence-corrected chi connectivity index (χ1v) is 7.60. The summed E-state index contributed by atoms with van der Waals surface area (Å²) in [6.45, 7) is 4.39. The molecule has 3 nitrogen and oxygen atoms in total. The zero-order chi connectivity index (χ0) is 13.0. The molecule has 1 aliphatic rings.